The number of nitro groups is 1. The molecule has 0 radical (unpaired) electrons. The van der Waals surface area contributed by atoms with Crippen molar-refractivity contribution in [2.75, 3.05) is 18.0 Å². The van der Waals surface area contributed by atoms with Gasteiger partial charge in [-0.15, -0.1) is 0 Å². The van der Waals surface area contributed by atoms with Gasteiger partial charge in [0.15, 0.2) is 0 Å². The van der Waals surface area contributed by atoms with Crippen molar-refractivity contribution in [1.29, 1.82) is 0 Å². The van der Waals surface area contributed by atoms with Crippen molar-refractivity contribution in [1.82, 2.24) is 0 Å². The zero-order valence-electron chi connectivity index (χ0n) is 13.4. The molecule has 0 saturated carbocycles. The Bertz CT molecular complexity index is 774. The Kier molecular flexibility index (Phi) is 5.76. The van der Waals surface area contributed by atoms with Crippen LogP contribution in [0.5, 0.6) is 5.75 Å². The Morgan fingerprint density at radius 2 is 1.96 bits per heavy atom. The van der Waals surface area contributed by atoms with Gasteiger partial charge in [0.1, 0.15) is 5.75 Å². The van der Waals surface area contributed by atoms with Gasteiger partial charge in [-0.2, -0.15) is 0 Å². The number of anilines is 1. The number of nitro benzene ring substituents is 1. The van der Waals surface area contributed by atoms with Crippen molar-refractivity contribution in [2.45, 2.75) is 13.8 Å². The number of aromatic hydroxyl groups is 1. The van der Waals surface area contributed by atoms with Crippen LogP contribution < -0.4 is 4.90 Å². The molecule has 2 aromatic carbocycles. The number of hydrogen-bond donors (Lipinski definition) is 1. The number of benzene rings is 2. The van der Waals surface area contributed by atoms with E-state index in [1.54, 1.807) is 12.1 Å². The summed E-state index contributed by atoms with van der Waals surface area (Å²) in [6, 6.07) is 9.20. The predicted octanol–water partition coefficient (Wildman–Crippen LogP) is 4.55. The smallest absolute Gasteiger partial charge is 0.270 e. The molecule has 2 aromatic rings. The molecule has 24 heavy (non-hydrogen) atoms. The van der Waals surface area contributed by atoms with E-state index in [9.17, 15) is 15.2 Å². The minimum absolute atomic E-state index is 0.0734. The van der Waals surface area contributed by atoms with Gasteiger partial charge in [-0.3, -0.25) is 15.1 Å². The standard InChI is InChI=1S/C17H18ClN3O3/c1-3-20(4-2)16-7-5-13(18)10-15(16)19-11-12-9-14(21(23)24)6-8-17(12)22/h5-11,22H,3-4H2,1-2H3. The third-order valence-electron chi connectivity index (χ3n) is 3.61. The summed E-state index contributed by atoms with van der Waals surface area (Å²) in [4.78, 5) is 16.8. The van der Waals surface area contributed by atoms with E-state index in [4.69, 9.17) is 11.6 Å². The number of phenolic OH excluding ortho intramolecular Hbond substituents is 1. The van der Waals surface area contributed by atoms with E-state index < -0.39 is 4.92 Å². The largest absolute Gasteiger partial charge is 0.507 e. The second kappa shape index (κ2) is 7.79. The molecule has 0 aliphatic carbocycles. The fourth-order valence-corrected chi connectivity index (χ4v) is 2.50. The van der Waals surface area contributed by atoms with Gasteiger partial charge in [0.25, 0.3) is 5.69 Å². The van der Waals surface area contributed by atoms with Gasteiger partial charge in [-0.05, 0) is 38.1 Å². The highest BCUT2D eigenvalue weighted by Gasteiger charge is 2.11. The van der Waals surface area contributed by atoms with Crippen LogP contribution in [0.3, 0.4) is 0 Å². The van der Waals surface area contributed by atoms with Crippen LogP contribution in [-0.2, 0) is 0 Å². The highest BCUT2D eigenvalue weighted by atomic mass is 35.5. The maximum atomic E-state index is 10.9. The van der Waals surface area contributed by atoms with Gasteiger partial charge in [-0.1, -0.05) is 11.6 Å². The third-order valence-corrected chi connectivity index (χ3v) is 3.84. The molecule has 0 aliphatic heterocycles. The van der Waals surface area contributed by atoms with E-state index in [0.29, 0.717) is 10.7 Å². The van der Waals surface area contributed by atoms with Crippen LogP contribution in [-0.4, -0.2) is 29.3 Å². The van der Waals surface area contributed by atoms with E-state index in [-0.39, 0.29) is 17.0 Å². The van der Waals surface area contributed by atoms with Crippen LogP contribution in [0.15, 0.2) is 41.4 Å². The van der Waals surface area contributed by atoms with E-state index in [0.717, 1.165) is 18.8 Å². The highest BCUT2D eigenvalue weighted by Crippen LogP contribution is 2.32. The second-order valence-electron chi connectivity index (χ2n) is 5.06. The van der Waals surface area contributed by atoms with Crippen molar-refractivity contribution < 1.29 is 10.0 Å². The summed E-state index contributed by atoms with van der Waals surface area (Å²) in [5.41, 5.74) is 1.71. The Morgan fingerprint density at radius 1 is 1.25 bits per heavy atom. The van der Waals surface area contributed by atoms with E-state index in [2.05, 4.69) is 9.89 Å². The van der Waals surface area contributed by atoms with Crippen molar-refractivity contribution in [2.24, 2.45) is 4.99 Å². The normalized spacial score (nSPS) is 11.0. The fourth-order valence-electron chi connectivity index (χ4n) is 2.33. The number of aliphatic imine (C=N–C) groups is 1. The highest BCUT2D eigenvalue weighted by molar-refractivity contribution is 6.31. The molecular formula is C17H18ClN3O3. The van der Waals surface area contributed by atoms with Gasteiger partial charge >= 0.3 is 0 Å². The average molecular weight is 348 g/mol. The molecule has 7 heteroatoms. The first-order chi connectivity index (χ1) is 11.5. The van der Waals surface area contributed by atoms with Crippen LogP contribution in [0.2, 0.25) is 5.02 Å². The summed E-state index contributed by atoms with van der Waals surface area (Å²) in [6.07, 6.45) is 1.40. The summed E-state index contributed by atoms with van der Waals surface area (Å²) >= 11 is 6.06. The number of hydrogen-bond acceptors (Lipinski definition) is 5. The molecular weight excluding hydrogens is 330 g/mol. The lowest BCUT2D eigenvalue weighted by Crippen LogP contribution is -2.21. The van der Waals surface area contributed by atoms with Gasteiger partial charge < -0.3 is 10.0 Å². The Balaban J connectivity index is 2.44. The molecule has 6 nitrogen and oxygen atoms in total. The summed E-state index contributed by atoms with van der Waals surface area (Å²) in [5, 5.41) is 21.3. The zero-order valence-corrected chi connectivity index (χ0v) is 14.2. The van der Waals surface area contributed by atoms with Crippen molar-refractivity contribution in [3.05, 3.63) is 57.1 Å². The van der Waals surface area contributed by atoms with Gasteiger partial charge in [0.2, 0.25) is 0 Å². The maximum absolute atomic E-state index is 10.9. The topological polar surface area (TPSA) is 79.0 Å². The Hall–Kier alpha value is -2.60. The fraction of sp³-hybridized carbons (Fsp3) is 0.235. The molecule has 2 rings (SSSR count). The lowest BCUT2D eigenvalue weighted by atomic mass is 10.2. The summed E-state index contributed by atoms with van der Waals surface area (Å²) in [5.74, 6) is -0.0734. The molecule has 0 fully saturated rings. The van der Waals surface area contributed by atoms with Crippen LogP contribution in [0.25, 0.3) is 0 Å². The zero-order chi connectivity index (χ0) is 17.7. The lowest BCUT2D eigenvalue weighted by molar-refractivity contribution is -0.384. The molecule has 0 aromatic heterocycles. The number of rotatable bonds is 6. The third kappa shape index (κ3) is 4.02. The molecule has 0 aliphatic rings. The van der Waals surface area contributed by atoms with Crippen LogP contribution in [0.4, 0.5) is 17.1 Å². The number of non-ortho nitro benzene ring substituents is 1. The lowest BCUT2D eigenvalue weighted by Gasteiger charge is -2.22. The first-order valence-electron chi connectivity index (χ1n) is 7.52. The quantitative estimate of drug-likeness (QED) is 0.472. The van der Waals surface area contributed by atoms with Crippen molar-refractivity contribution in [3.63, 3.8) is 0 Å². The molecule has 0 bridgehead atoms. The van der Waals surface area contributed by atoms with E-state index in [1.165, 1.54) is 24.4 Å². The number of nitrogens with zero attached hydrogens (tertiary/aromatic N) is 3. The van der Waals surface area contributed by atoms with Crippen molar-refractivity contribution >= 4 is 34.9 Å². The van der Waals surface area contributed by atoms with E-state index >= 15 is 0 Å². The van der Waals surface area contributed by atoms with Crippen molar-refractivity contribution in [3.8, 4) is 5.75 Å². The molecule has 0 atom stereocenters. The monoisotopic (exact) mass is 347 g/mol. The van der Waals surface area contributed by atoms with E-state index in [1.807, 2.05) is 19.9 Å². The Labute approximate surface area is 145 Å². The first kappa shape index (κ1) is 17.7. The summed E-state index contributed by atoms with van der Waals surface area (Å²) in [7, 11) is 0. The molecule has 0 amide bonds. The molecule has 0 unspecified atom stereocenters. The first-order valence-corrected chi connectivity index (χ1v) is 7.90. The van der Waals surface area contributed by atoms with Crippen LogP contribution in [0, 0.1) is 10.1 Å². The molecule has 126 valence electrons. The minimum atomic E-state index is -0.516. The Morgan fingerprint density at radius 3 is 2.58 bits per heavy atom. The minimum Gasteiger partial charge on any atom is -0.507 e. The van der Waals surface area contributed by atoms with Gasteiger partial charge in [0, 0.05) is 42.0 Å². The predicted molar refractivity (Wildman–Crippen MR) is 97.0 cm³/mol. The number of phenols is 1. The average Bonchev–Trinajstić information content (AvgIpc) is 2.56. The number of halogens is 1. The molecule has 0 heterocycles. The van der Waals surface area contributed by atoms with Gasteiger partial charge in [0.05, 0.1) is 16.3 Å². The maximum Gasteiger partial charge on any atom is 0.270 e. The van der Waals surface area contributed by atoms with Crippen LogP contribution >= 0.6 is 11.6 Å². The SMILES string of the molecule is CCN(CC)c1ccc(Cl)cc1N=Cc1cc([N+](=O)[O-])ccc1O. The van der Waals surface area contributed by atoms with Gasteiger partial charge in [-0.25, -0.2) is 0 Å². The summed E-state index contributed by atoms with van der Waals surface area (Å²) in [6.45, 7) is 5.70. The second-order valence-corrected chi connectivity index (χ2v) is 5.50. The molecule has 0 spiro atoms. The molecule has 1 N–H and O–H groups in total. The summed E-state index contributed by atoms with van der Waals surface area (Å²) < 4.78 is 0. The van der Waals surface area contributed by atoms with Crippen LogP contribution in [0.1, 0.15) is 19.4 Å². The molecule has 0 saturated heterocycles.